The SMILES string of the molecule is COc1cc(C=O)cc(Cl)c1OCC1CCCCO1. The van der Waals surface area contributed by atoms with Crippen LogP contribution < -0.4 is 9.47 Å². The van der Waals surface area contributed by atoms with Crippen molar-refractivity contribution in [3.05, 3.63) is 22.7 Å². The second-order valence-electron chi connectivity index (χ2n) is 4.45. The molecule has 5 heteroatoms. The Kier molecular flexibility index (Phi) is 5.05. The Hall–Kier alpha value is -1.26. The molecule has 1 aliphatic rings. The number of hydrogen-bond donors (Lipinski definition) is 0. The maximum Gasteiger partial charge on any atom is 0.179 e. The predicted octanol–water partition coefficient (Wildman–Crippen LogP) is 3.11. The van der Waals surface area contributed by atoms with Crippen LogP contribution in [0.5, 0.6) is 11.5 Å². The summed E-state index contributed by atoms with van der Waals surface area (Å²) in [5.74, 6) is 0.925. The van der Waals surface area contributed by atoms with Crippen molar-refractivity contribution in [3.8, 4) is 11.5 Å². The highest BCUT2D eigenvalue weighted by Crippen LogP contribution is 2.36. The summed E-state index contributed by atoms with van der Waals surface area (Å²) in [4.78, 5) is 10.8. The molecular weight excluding hydrogens is 268 g/mol. The Balaban J connectivity index is 2.07. The van der Waals surface area contributed by atoms with Gasteiger partial charge >= 0.3 is 0 Å². The van der Waals surface area contributed by atoms with E-state index in [1.807, 2.05) is 0 Å². The molecule has 1 aromatic carbocycles. The molecule has 0 bridgehead atoms. The standard InChI is InChI=1S/C14H17ClO4/c1-17-13-7-10(8-16)6-12(15)14(13)19-9-11-4-2-3-5-18-11/h6-8,11H,2-5,9H2,1H3. The van der Waals surface area contributed by atoms with Crippen LogP contribution >= 0.6 is 11.6 Å². The van der Waals surface area contributed by atoms with Crippen LogP contribution in [0.25, 0.3) is 0 Å². The fourth-order valence-corrected chi connectivity index (χ4v) is 2.34. The lowest BCUT2D eigenvalue weighted by atomic mass is 10.1. The molecule has 0 aliphatic carbocycles. The summed E-state index contributed by atoms with van der Waals surface area (Å²) in [7, 11) is 1.52. The highest BCUT2D eigenvalue weighted by atomic mass is 35.5. The van der Waals surface area contributed by atoms with Gasteiger partial charge in [-0.1, -0.05) is 11.6 Å². The third kappa shape index (κ3) is 3.61. The zero-order valence-electron chi connectivity index (χ0n) is 10.9. The van der Waals surface area contributed by atoms with E-state index < -0.39 is 0 Å². The highest BCUT2D eigenvalue weighted by Gasteiger charge is 2.17. The molecule has 0 radical (unpaired) electrons. The van der Waals surface area contributed by atoms with Crippen molar-refractivity contribution in [1.82, 2.24) is 0 Å². The Bertz CT molecular complexity index is 441. The molecule has 19 heavy (non-hydrogen) atoms. The van der Waals surface area contributed by atoms with Crippen LogP contribution in [0.1, 0.15) is 29.6 Å². The Morgan fingerprint density at radius 3 is 2.95 bits per heavy atom. The van der Waals surface area contributed by atoms with Crippen molar-refractivity contribution in [3.63, 3.8) is 0 Å². The van der Waals surface area contributed by atoms with Gasteiger partial charge in [0.25, 0.3) is 0 Å². The number of methoxy groups -OCH3 is 1. The van der Waals surface area contributed by atoms with E-state index in [4.69, 9.17) is 25.8 Å². The molecule has 1 heterocycles. The summed E-state index contributed by atoms with van der Waals surface area (Å²) < 4.78 is 16.5. The summed E-state index contributed by atoms with van der Waals surface area (Å²) in [6.07, 6.45) is 4.08. The van der Waals surface area contributed by atoms with Gasteiger partial charge < -0.3 is 14.2 Å². The van der Waals surface area contributed by atoms with E-state index in [0.29, 0.717) is 28.7 Å². The van der Waals surface area contributed by atoms with Crippen molar-refractivity contribution in [2.75, 3.05) is 20.3 Å². The van der Waals surface area contributed by atoms with Crippen molar-refractivity contribution < 1.29 is 19.0 Å². The maximum atomic E-state index is 10.8. The quantitative estimate of drug-likeness (QED) is 0.780. The first-order valence-electron chi connectivity index (χ1n) is 6.31. The van der Waals surface area contributed by atoms with Gasteiger partial charge in [0.05, 0.1) is 18.2 Å². The smallest absolute Gasteiger partial charge is 0.179 e. The molecule has 1 unspecified atom stereocenters. The molecule has 1 aliphatic heterocycles. The molecule has 0 aromatic heterocycles. The van der Waals surface area contributed by atoms with Gasteiger partial charge in [-0.15, -0.1) is 0 Å². The van der Waals surface area contributed by atoms with Crippen molar-refractivity contribution in [1.29, 1.82) is 0 Å². The van der Waals surface area contributed by atoms with Gasteiger partial charge in [-0.05, 0) is 31.4 Å². The maximum absolute atomic E-state index is 10.8. The van der Waals surface area contributed by atoms with Crippen LogP contribution in [-0.4, -0.2) is 32.7 Å². The number of carbonyl (C=O) groups is 1. The third-order valence-electron chi connectivity index (χ3n) is 3.08. The largest absolute Gasteiger partial charge is 0.493 e. The lowest BCUT2D eigenvalue weighted by molar-refractivity contribution is -0.0114. The van der Waals surface area contributed by atoms with E-state index in [1.54, 1.807) is 12.1 Å². The number of benzene rings is 1. The summed E-state index contributed by atoms with van der Waals surface area (Å²) in [5.41, 5.74) is 0.461. The lowest BCUT2D eigenvalue weighted by Gasteiger charge is -2.23. The van der Waals surface area contributed by atoms with Gasteiger partial charge in [0.2, 0.25) is 0 Å². The third-order valence-corrected chi connectivity index (χ3v) is 3.36. The minimum atomic E-state index is 0.0975. The molecule has 2 rings (SSSR count). The zero-order chi connectivity index (χ0) is 13.7. The normalized spacial score (nSPS) is 18.9. The summed E-state index contributed by atoms with van der Waals surface area (Å²) in [6, 6.07) is 3.17. The van der Waals surface area contributed by atoms with E-state index in [0.717, 1.165) is 32.2 Å². The average Bonchev–Trinajstić information content (AvgIpc) is 2.46. The van der Waals surface area contributed by atoms with Crippen LogP contribution in [0.15, 0.2) is 12.1 Å². The predicted molar refractivity (Wildman–Crippen MR) is 72.5 cm³/mol. The summed E-state index contributed by atoms with van der Waals surface area (Å²) in [6.45, 7) is 1.22. The molecule has 0 N–H and O–H groups in total. The van der Waals surface area contributed by atoms with Crippen LogP contribution in [0.2, 0.25) is 5.02 Å². The summed E-state index contributed by atoms with van der Waals surface area (Å²) in [5, 5.41) is 0.372. The van der Waals surface area contributed by atoms with E-state index in [1.165, 1.54) is 7.11 Å². The topological polar surface area (TPSA) is 44.8 Å². The number of aldehydes is 1. The van der Waals surface area contributed by atoms with Crippen LogP contribution in [-0.2, 0) is 4.74 Å². The van der Waals surface area contributed by atoms with E-state index in [-0.39, 0.29) is 6.10 Å². The van der Waals surface area contributed by atoms with Crippen molar-refractivity contribution in [2.45, 2.75) is 25.4 Å². The number of carbonyl (C=O) groups excluding carboxylic acids is 1. The molecular formula is C14H17ClO4. The second kappa shape index (κ2) is 6.78. The van der Waals surface area contributed by atoms with Gasteiger partial charge in [-0.2, -0.15) is 0 Å². The van der Waals surface area contributed by atoms with Gasteiger partial charge in [0.1, 0.15) is 12.9 Å². The van der Waals surface area contributed by atoms with Crippen LogP contribution in [0, 0.1) is 0 Å². The molecule has 0 spiro atoms. The number of ether oxygens (including phenoxy) is 3. The van der Waals surface area contributed by atoms with E-state index in [2.05, 4.69) is 0 Å². The molecule has 1 saturated heterocycles. The van der Waals surface area contributed by atoms with Gasteiger partial charge in [-0.25, -0.2) is 0 Å². The number of halogens is 1. The second-order valence-corrected chi connectivity index (χ2v) is 4.86. The van der Waals surface area contributed by atoms with Gasteiger partial charge in [0.15, 0.2) is 11.5 Å². The Morgan fingerprint density at radius 1 is 1.47 bits per heavy atom. The van der Waals surface area contributed by atoms with Crippen LogP contribution in [0.4, 0.5) is 0 Å². The monoisotopic (exact) mass is 284 g/mol. The van der Waals surface area contributed by atoms with Crippen molar-refractivity contribution >= 4 is 17.9 Å². The first-order valence-corrected chi connectivity index (χ1v) is 6.69. The molecule has 104 valence electrons. The Labute approximate surface area is 117 Å². The average molecular weight is 285 g/mol. The minimum absolute atomic E-state index is 0.0975. The molecule has 0 saturated carbocycles. The number of hydrogen-bond acceptors (Lipinski definition) is 4. The van der Waals surface area contributed by atoms with E-state index in [9.17, 15) is 4.79 Å². The van der Waals surface area contributed by atoms with Crippen molar-refractivity contribution in [2.24, 2.45) is 0 Å². The lowest BCUT2D eigenvalue weighted by Crippen LogP contribution is -2.26. The fraction of sp³-hybridized carbons (Fsp3) is 0.500. The van der Waals surface area contributed by atoms with E-state index >= 15 is 0 Å². The molecule has 1 atom stereocenters. The van der Waals surface area contributed by atoms with Gasteiger partial charge in [0, 0.05) is 12.2 Å². The van der Waals surface area contributed by atoms with Gasteiger partial charge in [-0.3, -0.25) is 4.79 Å². The molecule has 4 nitrogen and oxygen atoms in total. The highest BCUT2D eigenvalue weighted by molar-refractivity contribution is 6.32. The molecule has 0 amide bonds. The summed E-state index contributed by atoms with van der Waals surface area (Å²) >= 11 is 6.11. The molecule has 1 fully saturated rings. The minimum Gasteiger partial charge on any atom is -0.493 e. The molecule has 1 aromatic rings. The van der Waals surface area contributed by atoms with Crippen LogP contribution in [0.3, 0.4) is 0 Å². The first kappa shape index (κ1) is 14.2. The first-order chi connectivity index (χ1) is 9.24. The fourth-order valence-electron chi connectivity index (χ4n) is 2.06. The number of rotatable bonds is 5. The zero-order valence-corrected chi connectivity index (χ0v) is 11.6. The Morgan fingerprint density at radius 2 is 2.32 bits per heavy atom.